The third-order valence-corrected chi connectivity index (χ3v) is 2.40. The summed E-state index contributed by atoms with van der Waals surface area (Å²) in [5.74, 6) is 0.808. The normalized spacial score (nSPS) is 12.6. The van der Waals surface area contributed by atoms with Gasteiger partial charge in [-0.15, -0.1) is 6.58 Å². The molecule has 0 aliphatic rings. The van der Waals surface area contributed by atoms with Crippen molar-refractivity contribution < 1.29 is 0 Å². The van der Waals surface area contributed by atoms with Crippen molar-refractivity contribution in [3.8, 4) is 0 Å². The maximum atomic E-state index is 3.36. The molecule has 0 amide bonds. The first-order valence-corrected chi connectivity index (χ1v) is 6.61. The number of hydrogen-bond acceptors (Lipinski definition) is 0. The minimum Gasteiger partial charge on any atom is -0.103 e. The molecule has 0 N–H and O–H groups in total. The van der Waals surface area contributed by atoms with Gasteiger partial charge in [0.25, 0.3) is 0 Å². The highest BCUT2D eigenvalue weighted by molar-refractivity contribution is 4.75. The van der Waals surface area contributed by atoms with Crippen molar-refractivity contribution in [2.24, 2.45) is 16.7 Å². The van der Waals surface area contributed by atoms with Gasteiger partial charge in [0.2, 0.25) is 0 Å². The molecule has 0 heterocycles. The minimum atomic E-state index is 0.466. The van der Waals surface area contributed by atoms with Gasteiger partial charge in [0.1, 0.15) is 0 Å². The van der Waals surface area contributed by atoms with Crippen LogP contribution in [-0.2, 0) is 0 Å². The Bertz CT molecular complexity index is 140. The van der Waals surface area contributed by atoms with Crippen LogP contribution in [0.15, 0.2) is 12.7 Å². The van der Waals surface area contributed by atoms with E-state index in [1.807, 2.05) is 20.8 Å². The molecule has 0 aromatic rings. The molecule has 1 atom stereocenters. The van der Waals surface area contributed by atoms with Gasteiger partial charge < -0.3 is 0 Å². The largest absolute Gasteiger partial charge is 0.103 e. The summed E-state index contributed by atoms with van der Waals surface area (Å²) < 4.78 is 0. The zero-order chi connectivity index (χ0) is 14.0. The molecule has 0 rings (SSSR count). The van der Waals surface area contributed by atoms with Crippen LogP contribution in [0, 0.1) is 16.7 Å². The smallest absolute Gasteiger partial charge is 0.0357 e. The lowest BCUT2D eigenvalue weighted by molar-refractivity contribution is 0.182. The van der Waals surface area contributed by atoms with Crippen molar-refractivity contribution in [3.63, 3.8) is 0 Å². The highest BCUT2D eigenvalue weighted by Gasteiger charge is 2.24. The van der Waals surface area contributed by atoms with Gasteiger partial charge >= 0.3 is 0 Å². The van der Waals surface area contributed by atoms with Crippen LogP contribution in [0.3, 0.4) is 0 Å². The summed E-state index contributed by atoms with van der Waals surface area (Å²) in [4.78, 5) is 0. The molecular weight excluding hydrogens is 192 g/mol. The molecule has 0 aromatic carbocycles. The maximum absolute atomic E-state index is 3.36. The highest BCUT2D eigenvalue weighted by atomic mass is 14.3. The fourth-order valence-electron chi connectivity index (χ4n) is 1.22. The Morgan fingerprint density at radius 3 is 1.31 bits per heavy atom. The Labute approximate surface area is 106 Å². The summed E-state index contributed by atoms with van der Waals surface area (Å²) in [6, 6.07) is 0. The number of hydrogen-bond donors (Lipinski definition) is 0. The summed E-state index contributed by atoms with van der Waals surface area (Å²) in [7, 11) is 0. The Balaban J connectivity index is -0.000000289. The molecule has 100 valence electrons. The summed E-state index contributed by atoms with van der Waals surface area (Å²) >= 11 is 0. The number of rotatable bonds is 1. The van der Waals surface area contributed by atoms with E-state index in [0.717, 1.165) is 5.92 Å². The molecule has 0 saturated heterocycles. The van der Waals surface area contributed by atoms with Crippen LogP contribution in [0.25, 0.3) is 0 Å². The molecule has 0 spiro atoms. The van der Waals surface area contributed by atoms with E-state index in [2.05, 4.69) is 55.0 Å². The van der Waals surface area contributed by atoms with Crippen LogP contribution < -0.4 is 0 Å². The third kappa shape index (κ3) is 19.3. The zero-order valence-corrected chi connectivity index (χ0v) is 13.6. The molecule has 0 aromatic heterocycles. The van der Waals surface area contributed by atoms with E-state index >= 15 is 0 Å². The van der Waals surface area contributed by atoms with Gasteiger partial charge in [-0.1, -0.05) is 68.4 Å². The van der Waals surface area contributed by atoms with Crippen molar-refractivity contribution in [2.75, 3.05) is 0 Å². The van der Waals surface area contributed by atoms with Crippen molar-refractivity contribution in [1.29, 1.82) is 0 Å². The summed E-state index contributed by atoms with van der Waals surface area (Å²) in [6.07, 6.45) is 3.07. The van der Waals surface area contributed by atoms with Crippen LogP contribution >= 0.6 is 0 Å². The third-order valence-electron chi connectivity index (χ3n) is 2.40. The minimum absolute atomic E-state index is 0.466. The van der Waals surface area contributed by atoms with E-state index < -0.39 is 0 Å². The molecule has 0 aliphatic heterocycles. The van der Waals surface area contributed by atoms with Crippen LogP contribution in [0.5, 0.6) is 0 Å². The topological polar surface area (TPSA) is 0 Å². The van der Waals surface area contributed by atoms with Crippen molar-refractivity contribution >= 4 is 0 Å². The second kappa shape index (κ2) is 9.93. The highest BCUT2D eigenvalue weighted by Crippen LogP contribution is 2.35. The van der Waals surface area contributed by atoms with E-state index in [1.165, 1.54) is 6.42 Å². The molecule has 0 nitrogen and oxygen atoms in total. The first-order valence-electron chi connectivity index (χ1n) is 6.61. The SMILES string of the molecule is C=CC.CC.CC(CC(C)(C)C)C(C)(C)C. The van der Waals surface area contributed by atoms with Gasteiger partial charge in [-0.05, 0) is 30.1 Å². The van der Waals surface area contributed by atoms with Crippen molar-refractivity contribution in [3.05, 3.63) is 12.7 Å². The molecule has 0 heteroatoms. The number of allylic oxidation sites excluding steroid dienone is 1. The van der Waals surface area contributed by atoms with Gasteiger partial charge in [-0.2, -0.15) is 0 Å². The predicted octanol–water partition coefficient (Wildman–Crippen LogP) is 6.32. The van der Waals surface area contributed by atoms with Crippen molar-refractivity contribution in [1.82, 2.24) is 0 Å². The van der Waals surface area contributed by atoms with Gasteiger partial charge in [0, 0.05) is 0 Å². The summed E-state index contributed by atoms with van der Waals surface area (Å²) in [5, 5.41) is 0. The van der Waals surface area contributed by atoms with Gasteiger partial charge in [0.05, 0.1) is 0 Å². The maximum Gasteiger partial charge on any atom is -0.0357 e. The van der Waals surface area contributed by atoms with Crippen LogP contribution in [-0.4, -0.2) is 0 Å². The second-order valence-electron chi connectivity index (χ2n) is 6.44. The Morgan fingerprint density at radius 1 is 1.00 bits per heavy atom. The molecule has 1 unspecified atom stereocenters. The fraction of sp³-hybridized carbons (Fsp3) is 0.875. The van der Waals surface area contributed by atoms with E-state index in [1.54, 1.807) is 6.08 Å². The van der Waals surface area contributed by atoms with Gasteiger partial charge in [-0.25, -0.2) is 0 Å². The Hall–Kier alpha value is -0.260. The van der Waals surface area contributed by atoms with Gasteiger partial charge in [-0.3, -0.25) is 0 Å². The molecule has 0 radical (unpaired) electrons. The molecular formula is C16H36. The standard InChI is InChI=1S/C11H24.C3H6.C2H6/c1-9(11(5,6)7)8-10(2,3)4;1-3-2;1-2/h9H,8H2,1-7H3;3H,1H2,2H3;1-2H3. The molecule has 0 aliphatic carbocycles. The van der Waals surface area contributed by atoms with E-state index in [0.29, 0.717) is 10.8 Å². The van der Waals surface area contributed by atoms with Crippen molar-refractivity contribution in [2.45, 2.75) is 75.7 Å². The van der Waals surface area contributed by atoms with Gasteiger partial charge in [0.15, 0.2) is 0 Å². The summed E-state index contributed by atoms with van der Waals surface area (Å²) in [5.41, 5.74) is 0.944. The molecule has 0 saturated carbocycles. The molecule has 0 fully saturated rings. The van der Waals surface area contributed by atoms with Crippen LogP contribution in [0.1, 0.15) is 75.7 Å². The second-order valence-corrected chi connectivity index (χ2v) is 6.44. The predicted molar refractivity (Wildman–Crippen MR) is 79.9 cm³/mol. The van der Waals surface area contributed by atoms with E-state index in [9.17, 15) is 0 Å². The summed E-state index contributed by atoms with van der Waals surface area (Å²) in [6.45, 7) is 25.5. The van der Waals surface area contributed by atoms with Crippen LogP contribution in [0.4, 0.5) is 0 Å². The monoisotopic (exact) mass is 228 g/mol. The zero-order valence-electron chi connectivity index (χ0n) is 13.6. The lowest BCUT2D eigenvalue weighted by Gasteiger charge is -2.32. The first kappa shape index (κ1) is 21.1. The van der Waals surface area contributed by atoms with E-state index in [4.69, 9.17) is 0 Å². The average Bonchev–Trinajstić information content (AvgIpc) is 2.04. The Morgan fingerprint density at radius 2 is 1.25 bits per heavy atom. The lowest BCUT2D eigenvalue weighted by atomic mass is 9.73. The Kier molecular flexibility index (Phi) is 13.1. The molecule has 0 bridgehead atoms. The lowest BCUT2D eigenvalue weighted by Crippen LogP contribution is -2.22. The van der Waals surface area contributed by atoms with Crippen LogP contribution in [0.2, 0.25) is 0 Å². The first-order chi connectivity index (χ1) is 7.04. The van der Waals surface area contributed by atoms with E-state index in [-0.39, 0.29) is 0 Å². The quantitative estimate of drug-likeness (QED) is 0.460. The fourth-order valence-corrected chi connectivity index (χ4v) is 1.22. The molecule has 16 heavy (non-hydrogen) atoms. The average molecular weight is 228 g/mol.